The van der Waals surface area contributed by atoms with E-state index in [9.17, 15) is 9.59 Å². The summed E-state index contributed by atoms with van der Waals surface area (Å²) in [6.07, 6.45) is 3.85. The fourth-order valence-electron chi connectivity index (χ4n) is 3.82. The Balaban J connectivity index is 1.57. The van der Waals surface area contributed by atoms with E-state index in [0.717, 1.165) is 44.3 Å². The Morgan fingerprint density at radius 3 is 1.96 bits per heavy atom. The summed E-state index contributed by atoms with van der Waals surface area (Å²) in [5.74, 6) is 0.497. The maximum atomic E-state index is 12.7. The van der Waals surface area contributed by atoms with Gasteiger partial charge in [0.15, 0.2) is 0 Å². The van der Waals surface area contributed by atoms with E-state index in [1.54, 1.807) is 0 Å². The molecule has 2 aliphatic rings. The highest BCUT2D eigenvalue weighted by Crippen LogP contribution is 2.25. The van der Waals surface area contributed by atoms with Crippen LogP contribution in [0.1, 0.15) is 62.4 Å². The summed E-state index contributed by atoms with van der Waals surface area (Å²) in [4.78, 5) is 29.1. The van der Waals surface area contributed by atoms with Gasteiger partial charge in [-0.2, -0.15) is 0 Å². The Labute approximate surface area is 151 Å². The Morgan fingerprint density at radius 2 is 1.44 bits per heavy atom. The number of carbonyl (C=O) groups excluding carboxylic acids is 2. The Morgan fingerprint density at radius 1 is 0.880 bits per heavy atom. The van der Waals surface area contributed by atoms with Crippen molar-refractivity contribution >= 4 is 11.8 Å². The third-order valence-electron chi connectivity index (χ3n) is 5.55. The van der Waals surface area contributed by atoms with Gasteiger partial charge in [0.05, 0.1) is 0 Å². The molecule has 0 N–H and O–H groups in total. The lowest BCUT2D eigenvalue weighted by molar-refractivity contribution is -0.135. The highest BCUT2D eigenvalue weighted by Gasteiger charge is 2.31. The highest BCUT2D eigenvalue weighted by molar-refractivity contribution is 5.94. The third kappa shape index (κ3) is 4.05. The van der Waals surface area contributed by atoms with E-state index in [-0.39, 0.29) is 17.2 Å². The molecule has 2 heterocycles. The van der Waals surface area contributed by atoms with Gasteiger partial charge < -0.3 is 9.80 Å². The van der Waals surface area contributed by atoms with Crippen molar-refractivity contribution in [3.05, 3.63) is 35.4 Å². The smallest absolute Gasteiger partial charge is 0.253 e. The molecule has 0 atom stereocenters. The molecule has 0 spiro atoms. The zero-order valence-corrected chi connectivity index (χ0v) is 15.8. The molecule has 136 valence electrons. The lowest BCUT2D eigenvalue weighted by Crippen LogP contribution is -2.43. The van der Waals surface area contributed by atoms with Crippen molar-refractivity contribution in [2.75, 3.05) is 26.2 Å². The number of hydrogen-bond acceptors (Lipinski definition) is 2. The predicted octanol–water partition coefficient (Wildman–Crippen LogP) is 3.46. The zero-order valence-electron chi connectivity index (χ0n) is 15.8. The summed E-state index contributed by atoms with van der Waals surface area (Å²) >= 11 is 0. The average molecular weight is 342 g/mol. The lowest BCUT2D eigenvalue weighted by Gasteiger charge is -2.33. The summed E-state index contributed by atoms with van der Waals surface area (Å²) in [6.45, 7) is 9.72. The van der Waals surface area contributed by atoms with Crippen molar-refractivity contribution in [1.82, 2.24) is 9.80 Å². The number of likely N-dealkylation sites (tertiary alicyclic amines) is 2. The van der Waals surface area contributed by atoms with Gasteiger partial charge in [0.1, 0.15) is 0 Å². The van der Waals surface area contributed by atoms with Crippen molar-refractivity contribution in [3.8, 4) is 0 Å². The first kappa shape index (κ1) is 18.0. The molecule has 2 aliphatic heterocycles. The summed E-state index contributed by atoms with van der Waals surface area (Å²) in [5.41, 5.74) is 2.08. The molecule has 25 heavy (non-hydrogen) atoms. The van der Waals surface area contributed by atoms with Gasteiger partial charge in [-0.1, -0.05) is 32.9 Å². The molecule has 3 rings (SSSR count). The highest BCUT2D eigenvalue weighted by atomic mass is 16.2. The largest absolute Gasteiger partial charge is 0.342 e. The van der Waals surface area contributed by atoms with Crippen LogP contribution in [0, 0.1) is 5.92 Å². The van der Waals surface area contributed by atoms with E-state index in [2.05, 4.69) is 32.9 Å². The van der Waals surface area contributed by atoms with E-state index >= 15 is 0 Å². The normalized spacial score (nSPS) is 19.3. The van der Waals surface area contributed by atoms with Crippen LogP contribution in [0.5, 0.6) is 0 Å². The molecule has 0 unspecified atom stereocenters. The minimum atomic E-state index is 0.0903. The molecule has 0 saturated carbocycles. The van der Waals surface area contributed by atoms with Gasteiger partial charge >= 0.3 is 0 Å². The monoisotopic (exact) mass is 342 g/mol. The molecule has 1 aromatic carbocycles. The van der Waals surface area contributed by atoms with Crippen molar-refractivity contribution in [1.29, 1.82) is 0 Å². The number of nitrogens with zero attached hydrogens (tertiary/aromatic N) is 2. The Kier molecular flexibility index (Phi) is 5.16. The van der Waals surface area contributed by atoms with Crippen LogP contribution in [0.15, 0.2) is 24.3 Å². The van der Waals surface area contributed by atoms with E-state index in [1.807, 2.05) is 21.9 Å². The molecule has 0 bridgehead atoms. The van der Waals surface area contributed by atoms with Gasteiger partial charge in [-0.15, -0.1) is 0 Å². The van der Waals surface area contributed by atoms with Crippen molar-refractivity contribution < 1.29 is 9.59 Å². The van der Waals surface area contributed by atoms with Gasteiger partial charge in [-0.25, -0.2) is 0 Å². The lowest BCUT2D eigenvalue weighted by atomic mass is 9.86. The first-order chi connectivity index (χ1) is 11.9. The second-order valence-electron chi connectivity index (χ2n) is 8.43. The Hall–Kier alpha value is -1.84. The molecule has 1 aromatic rings. The molecule has 0 aliphatic carbocycles. The van der Waals surface area contributed by atoms with Gasteiger partial charge in [-0.05, 0) is 48.8 Å². The zero-order chi connectivity index (χ0) is 18.0. The van der Waals surface area contributed by atoms with Crippen molar-refractivity contribution in [2.45, 2.75) is 51.9 Å². The topological polar surface area (TPSA) is 40.6 Å². The van der Waals surface area contributed by atoms with Crippen LogP contribution < -0.4 is 0 Å². The molecule has 0 radical (unpaired) electrons. The number of amides is 2. The SMILES string of the molecule is CC(C)(C)c1ccc(C(=O)N2CCC(C(=O)N3CCCC3)CC2)cc1. The first-order valence-corrected chi connectivity index (χ1v) is 9.55. The standard InChI is InChI=1S/C21H30N2O2/c1-21(2,3)18-8-6-16(7-9-18)19(24)23-14-10-17(11-15-23)20(25)22-12-4-5-13-22/h6-9,17H,4-5,10-15H2,1-3H3. The van der Waals surface area contributed by atoms with Crippen LogP contribution in [0.3, 0.4) is 0 Å². The van der Waals surface area contributed by atoms with E-state index in [0.29, 0.717) is 19.0 Å². The third-order valence-corrected chi connectivity index (χ3v) is 5.55. The van der Waals surface area contributed by atoms with Crippen LogP contribution in [-0.2, 0) is 10.2 Å². The second kappa shape index (κ2) is 7.19. The predicted molar refractivity (Wildman–Crippen MR) is 99.6 cm³/mol. The van der Waals surface area contributed by atoms with Crippen LogP contribution in [-0.4, -0.2) is 47.8 Å². The fraction of sp³-hybridized carbons (Fsp3) is 0.619. The first-order valence-electron chi connectivity index (χ1n) is 9.55. The molecule has 4 nitrogen and oxygen atoms in total. The van der Waals surface area contributed by atoms with E-state index in [1.165, 1.54) is 5.56 Å². The number of rotatable bonds is 2. The average Bonchev–Trinajstić information content (AvgIpc) is 3.14. The molecule has 2 fully saturated rings. The van der Waals surface area contributed by atoms with Crippen LogP contribution in [0.4, 0.5) is 0 Å². The molecule has 0 aromatic heterocycles. The van der Waals surface area contributed by atoms with Crippen molar-refractivity contribution in [2.24, 2.45) is 5.92 Å². The fourth-order valence-corrected chi connectivity index (χ4v) is 3.82. The van der Waals surface area contributed by atoms with Gasteiger partial charge in [0.2, 0.25) is 5.91 Å². The summed E-state index contributed by atoms with van der Waals surface area (Å²) in [5, 5.41) is 0. The molecular formula is C21H30N2O2. The molecule has 2 amide bonds. The van der Waals surface area contributed by atoms with Gasteiger partial charge in [0, 0.05) is 37.7 Å². The number of carbonyl (C=O) groups is 2. The Bertz CT molecular complexity index is 616. The van der Waals surface area contributed by atoms with Crippen LogP contribution in [0.25, 0.3) is 0 Å². The molecule has 4 heteroatoms. The number of piperidine rings is 1. The van der Waals surface area contributed by atoms with Crippen molar-refractivity contribution in [3.63, 3.8) is 0 Å². The summed E-state index contributed by atoms with van der Waals surface area (Å²) in [6, 6.07) is 7.97. The minimum Gasteiger partial charge on any atom is -0.342 e. The van der Waals surface area contributed by atoms with Crippen LogP contribution in [0.2, 0.25) is 0 Å². The molecule has 2 saturated heterocycles. The quantitative estimate of drug-likeness (QED) is 0.826. The minimum absolute atomic E-state index is 0.0903. The van der Waals surface area contributed by atoms with Gasteiger partial charge in [0.25, 0.3) is 5.91 Å². The maximum absolute atomic E-state index is 12.7. The number of hydrogen-bond donors (Lipinski definition) is 0. The number of benzene rings is 1. The van der Waals surface area contributed by atoms with Crippen LogP contribution >= 0.6 is 0 Å². The second-order valence-corrected chi connectivity index (χ2v) is 8.43. The summed E-state index contributed by atoms with van der Waals surface area (Å²) < 4.78 is 0. The summed E-state index contributed by atoms with van der Waals surface area (Å²) in [7, 11) is 0. The van der Waals surface area contributed by atoms with E-state index < -0.39 is 0 Å². The molecular weight excluding hydrogens is 312 g/mol. The van der Waals surface area contributed by atoms with E-state index in [4.69, 9.17) is 0 Å². The maximum Gasteiger partial charge on any atom is 0.253 e. The van der Waals surface area contributed by atoms with Gasteiger partial charge in [-0.3, -0.25) is 9.59 Å².